The van der Waals surface area contributed by atoms with Gasteiger partial charge in [0.2, 0.25) is 0 Å². The summed E-state index contributed by atoms with van der Waals surface area (Å²) >= 11 is 1.48. The lowest BCUT2D eigenvalue weighted by molar-refractivity contribution is -0.137. The molecule has 1 N–H and O–H groups in total. The van der Waals surface area contributed by atoms with E-state index in [9.17, 15) is 9.59 Å². The first kappa shape index (κ1) is 14.0. The zero-order chi connectivity index (χ0) is 14.0. The molecule has 2 unspecified atom stereocenters. The minimum atomic E-state index is -0.887. The minimum absolute atomic E-state index is 0.0330. The molecule has 0 spiro atoms. The Balaban J connectivity index is 2.18. The van der Waals surface area contributed by atoms with Crippen LogP contribution < -0.4 is 0 Å². The van der Waals surface area contributed by atoms with Crippen LogP contribution in [0.1, 0.15) is 28.8 Å². The third-order valence-corrected chi connectivity index (χ3v) is 4.33. The van der Waals surface area contributed by atoms with E-state index in [2.05, 4.69) is 0 Å². The summed E-state index contributed by atoms with van der Waals surface area (Å²) < 4.78 is 5.27. The Labute approximate surface area is 115 Å². The van der Waals surface area contributed by atoms with Crippen LogP contribution in [0.4, 0.5) is 0 Å². The molecule has 1 aromatic heterocycles. The molecule has 0 saturated carbocycles. The SMILES string of the molecule is COC1CC(CC(=O)O)N(C(=O)c2cscc2C)C1. The summed E-state index contributed by atoms with van der Waals surface area (Å²) in [6, 6.07) is -0.283. The van der Waals surface area contributed by atoms with Gasteiger partial charge in [-0.25, -0.2) is 0 Å². The Bertz CT molecular complexity index is 485. The highest BCUT2D eigenvalue weighted by Gasteiger charge is 2.37. The molecule has 1 amide bonds. The first-order chi connectivity index (χ1) is 9.02. The second kappa shape index (κ2) is 5.71. The summed E-state index contributed by atoms with van der Waals surface area (Å²) in [5, 5.41) is 12.7. The van der Waals surface area contributed by atoms with E-state index >= 15 is 0 Å². The summed E-state index contributed by atoms with van der Waals surface area (Å²) in [5.41, 5.74) is 1.60. The fourth-order valence-corrected chi connectivity index (χ4v) is 3.24. The fraction of sp³-hybridized carbons (Fsp3) is 0.538. The number of likely N-dealkylation sites (tertiary alicyclic amines) is 1. The highest BCUT2D eigenvalue weighted by atomic mass is 32.1. The minimum Gasteiger partial charge on any atom is -0.481 e. The van der Waals surface area contributed by atoms with Crippen molar-refractivity contribution in [3.8, 4) is 0 Å². The molecule has 1 aliphatic heterocycles. The predicted molar refractivity (Wildman–Crippen MR) is 71.5 cm³/mol. The van der Waals surface area contributed by atoms with Gasteiger partial charge in [-0.1, -0.05) is 0 Å². The molecular weight excluding hydrogens is 266 g/mol. The van der Waals surface area contributed by atoms with Crippen LogP contribution in [0.2, 0.25) is 0 Å². The number of aryl methyl sites for hydroxylation is 1. The third kappa shape index (κ3) is 2.96. The quantitative estimate of drug-likeness (QED) is 0.914. The molecular formula is C13H17NO4S. The van der Waals surface area contributed by atoms with Crippen LogP contribution in [0, 0.1) is 6.92 Å². The van der Waals surface area contributed by atoms with Crippen molar-refractivity contribution in [2.75, 3.05) is 13.7 Å². The number of carbonyl (C=O) groups is 2. The molecule has 2 heterocycles. The van der Waals surface area contributed by atoms with Crippen LogP contribution in [-0.2, 0) is 9.53 Å². The number of carboxylic acid groups (broad SMARTS) is 1. The molecule has 0 radical (unpaired) electrons. The Hall–Kier alpha value is -1.40. The first-order valence-corrected chi connectivity index (χ1v) is 7.05. The van der Waals surface area contributed by atoms with Gasteiger partial charge in [-0.05, 0) is 24.3 Å². The van der Waals surface area contributed by atoms with E-state index in [0.717, 1.165) is 5.56 Å². The summed E-state index contributed by atoms with van der Waals surface area (Å²) in [6.07, 6.45) is 0.471. The van der Waals surface area contributed by atoms with E-state index < -0.39 is 5.97 Å². The number of aliphatic carboxylic acids is 1. The van der Waals surface area contributed by atoms with Crippen LogP contribution in [0.3, 0.4) is 0 Å². The molecule has 5 nitrogen and oxygen atoms in total. The summed E-state index contributed by atoms with van der Waals surface area (Å²) in [6.45, 7) is 2.35. The summed E-state index contributed by atoms with van der Waals surface area (Å²) in [7, 11) is 1.59. The maximum Gasteiger partial charge on any atom is 0.305 e. The van der Waals surface area contributed by atoms with Gasteiger partial charge in [0.15, 0.2) is 0 Å². The molecule has 0 bridgehead atoms. The normalized spacial score (nSPS) is 22.7. The lowest BCUT2D eigenvalue weighted by Gasteiger charge is -2.23. The maximum atomic E-state index is 12.5. The number of hydrogen-bond donors (Lipinski definition) is 1. The highest BCUT2D eigenvalue weighted by Crippen LogP contribution is 2.26. The Morgan fingerprint density at radius 2 is 2.26 bits per heavy atom. The van der Waals surface area contributed by atoms with Crippen molar-refractivity contribution >= 4 is 23.2 Å². The van der Waals surface area contributed by atoms with E-state index in [1.165, 1.54) is 11.3 Å². The van der Waals surface area contributed by atoms with Crippen LogP contribution in [0.15, 0.2) is 10.8 Å². The van der Waals surface area contributed by atoms with Gasteiger partial charge in [-0.15, -0.1) is 0 Å². The molecule has 1 aromatic rings. The molecule has 0 aromatic carbocycles. The Morgan fingerprint density at radius 1 is 1.53 bits per heavy atom. The standard InChI is InChI=1S/C13H17NO4S/c1-8-6-19-7-11(8)13(17)14-5-10(18-2)3-9(14)4-12(15)16/h6-7,9-10H,3-5H2,1-2H3,(H,15,16). The number of nitrogens with zero attached hydrogens (tertiary/aromatic N) is 1. The highest BCUT2D eigenvalue weighted by molar-refractivity contribution is 7.08. The average molecular weight is 283 g/mol. The molecule has 6 heteroatoms. The second-order valence-electron chi connectivity index (χ2n) is 4.77. The number of ether oxygens (including phenoxy) is 1. The van der Waals surface area contributed by atoms with Crippen molar-refractivity contribution in [2.45, 2.75) is 31.9 Å². The lowest BCUT2D eigenvalue weighted by Crippen LogP contribution is -2.37. The smallest absolute Gasteiger partial charge is 0.305 e. The molecule has 104 valence electrons. The van der Waals surface area contributed by atoms with Gasteiger partial charge in [-0.3, -0.25) is 9.59 Å². The van der Waals surface area contributed by atoms with Crippen LogP contribution >= 0.6 is 11.3 Å². The number of rotatable bonds is 4. The van der Waals surface area contributed by atoms with Crippen LogP contribution in [0.5, 0.6) is 0 Å². The van der Waals surface area contributed by atoms with Gasteiger partial charge in [0.25, 0.3) is 5.91 Å². The zero-order valence-electron chi connectivity index (χ0n) is 11.0. The molecule has 1 aliphatic rings. The average Bonchev–Trinajstić information content (AvgIpc) is 2.94. The van der Waals surface area contributed by atoms with Gasteiger partial charge in [0.05, 0.1) is 18.1 Å². The number of amides is 1. The fourth-order valence-electron chi connectivity index (χ4n) is 2.42. The van der Waals surface area contributed by atoms with E-state index in [1.54, 1.807) is 12.0 Å². The molecule has 1 saturated heterocycles. The van der Waals surface area contributed by atoms with Crippen molar-refractivity contribution in [2.24, 2.45) is 0 Å². The van der Waals surface area contributed by atoms with E-state index in [-0.39, 0.29) is 24.5 Å². The zero-order valence-corrected chi connectivity index (χ0v) is 11.8. The second-order valence-corrected chi connectivity index (χ2v) is 5.51. The summed E-state index contributed by atoms with van der Waals surface area (Å²) in [5.74, 6) is -0.980. The van der Waals surface area contributed by atoms with Crippen molar-refractivity contribution in [1.82, 2.24) is 4.90 Å². The van der Waals surface area contributed by atoms with Crippen LogP contribution in [-0.4, -0.2) is 47.7 Å². The first-order valence-electron chi connectivity index (χ1n) is 6.11. The number of carboxylic acids is 1. The van der Waals surface area contributed by atoms with Gasteiger partial charge in [-0.2, -0.15) is 11.3 Å². The molecule has 19 heavy (non-hydrogen) atoms. The maximum absolute atomic E-state index is 12.5. The van der Waals surface area contributed by atoms with Crippen LogP contribution in [0.25, 0.3) is 0 Å². The van der Waals surface area contributed by atoms with Gasteiger partial charge in [0, 0.05) is 25.1 Å². The van der Waals surface area contributed by atoms with Crippen molar-refractivity contribution in [3.63, 3.8) is 0 Å². The predicted octanol–water partition coefficient (Wildman–Crippen LogP) is 1.76. The largest absolute Gasteiger partial charge is 0.481 e. The summed E-state index contributed by atoms with van der Waals surface area (Å²) in [4.78, 5) is 25.0. The molecule has 2 rings (SSSR count). The van der Waals surface area contributed by atoms with Gasteiger partial charge in [0.1, 0.15) is 0 Å². The Kier molecular flexibility index (Phi) is 4.21. The number of thiophene rings is 1. The third-order valence-electron chi connectivity index (χ3n) is 3.47. The van der Waals surface area contributed by atoms with E-state index in [1.807, 2.05) is 17.7 Å². The lowest BCUT2D eigenvalue weighted by atomic mass is 10.1. The molecule has 2 atom stereocenters. The van der Waals surface area contributed by atoms with Gasteiger partial charge < -0.3 is 14.7 Å². The Morgan fingerprint density at radius 3 is 2.79 bits per heavy atom. The number of carbonyl (C=O) groups excluding carboxylic acids is 1. The molecule has 0 aliphatic carbocycles. The monoisotopic (exact) mass is 283 g/mol. The van der Waals surface area contributed by atoms with Crippen molar-refractivity contribution in [3.05, 3.63) is 21.9 Å². The van der Waals surface area contributed by atoms with Crippen molar-refractivity contribution < 1.29 is 19.4 Å². The van der Waals surface area contributed by atoms with E-state index in [0.29, 0.717) is 18.5 Å². The number of hydrogen-bond acceptors (Lipinski definition) is 4. The topological polar surface area (TPSA) is 66.8 Å². The molecule has 1 fully saturated rings. The van der Waals surface area contributed by atoms with E-state index in [4.69, 9.17) is 9.84 Å². The number of methoxy groups -OCH3 is 1. The van der Waals surface area contributed by atoms with Crippen molar-refractivity contribution in [1.29, 1.82) is 0 Å². The van der Waals surface area contributed by atoms with Gasteiger partial charge >= 0.3 is 5.97 Å².